The number of carbonyl (C=O) groups is 2. The van der Waals surface area contributed by atoms with Crippen molar-refractivity contribution < 1.29 is 19.4 Å². The molecule has 0 heterocycles. The number of unbranched alkanes of at least 4 members (excludes halogenated alkanes) is 1. The SMILES string of the molecule is CC(C)(C)OC(=O)C(N)(CCCCc1ccccc1)C(=O)O. The lowest BCUT2D eigenvalue weighted by Gasteiger charge is -2.28. The maximum atomic E-state index is 12.1. The van der Waals surface area contributed by atoms with Gasteiger partial charge in [0.15, 0.2) is 0 Å². The van der Waals surface area contributed by atoms with Crippen molar-refractivity contribution in [2.24, 2.45) is 5.73 Å². The Bertz CT molecular complexity index is 507. The maximum absolute atomic E-state index is 12.1. The molecule has 1 aromatic carbocycles. The van der Waals surface area contributed by atoms with Crippen molar-refractivity contribution in [1.29, 1.82) is 0 Å². The first kappa shape index (κ1) is 18.2. The number of aliphatic carboxylic acids is 1. The quantitative estimate of drug-likeness (QED) is 0.459. The molecule has 1 rings (SSSR count). The van der Waals surface area contributed by atoms with Crippen LogP contribution in [0.1, 0.15) is 45.6 Å². The molecule has 0 radical (unpaired) electrons. The molecule has 22 heavy (non-hydrogen) atoms. The average molecular weight is 307 g/mol. The van der Waals surface area contributed by atoms with Crippen LogP contribution in [0.4, 0.5) is 0 Å². The van der Waals surface area contributed by atoms with Gasteiger partial charge >= 0.3 is 11.9 Å². The van der Waals surface area contributed by atoms with E-state index in [4.69, 9.17) is 10.5 Å². The topological polar surface area (TPSA) is 89.6 Å². The molecule has 1 aromatic rings. The standard InChI is InChI=1S/C17H25NO4/c1-16(2,3)22-15(21)17(18,14(19)20)12-8-7-11-13-9-5-4-6-10-13/h4-6,9-10H,7-8,11-12,18H2,1-3H3,(H,19,20). The lowest BCUT2D eigenvalue weighted by atomic mass is 9.92. The number of hydrogen-bond acceptors (Lipinski definition) is 4. The molecule has 0 aliphatic heterocycles. The fourth-order valence-electron chi connectivity index (χ4n) is 2.04. The maximum Gasteiger partial charge on any atom is 0.338 e. The minimum Gasteiger partial charge on any atom is -0.479 e. The van der Waals surface area contributed by atoms with E-state index in [1.54, 1.807) is 20.8 Å². The molecule has 0 spiro atoms. The van der Waals surface area contributed by atoms with Crippen molar-refractivity contribution in [1.82, 2.24) is 0 Å². The van der Waals surface area contributed by atoms with E-state index in [2.05, 4.69) is 0 Å². The smallest absolute Gasteiger partial charge is 0.338 e. The summed E-state index contributed by atoms with van der Waals surface area (Å²) in [4.78, 5) is 23.4. The number of rotatable bonds is 7. The normalized spacial score (nSPS) is 14.2. The number of hydrogen-bond donors (Lipinski definition) is 2. The fraction of sp³-hybridized carbons (Fsp3) is 0.529. The third-order valence-corrected chi connectivity index (χ3v) is 3.27. The van der Waals surface area contributed by atoms with Crippen LogP contribution in [0, 0.1) is 0 Å². The van der Waals surface area contributed by atoms with Gasteiger partial charge in [0.2, 0.25) is 5.54 Å². The van der Waals surface area contributed by atoms with Crippen molar-refractivity contribution >= 4 is 11.9 Å². The van der Waals surface area contributed by atoms with Gasteiger partial charge in [0.1, 0.15) is 5.60 Å². The summed E-state index contributed by atoms with van der Waals surface area (Å²) in [6.45, 7) is 5.05. The van der Waals surface area contributed by atoms with Crippen LogP contribution in [-0.2, 0) is 20.7 Å². The van der Waals surface area contributed by atoms with Gasteiger partial charge in [0, 0.05) is 0 Å². The summed E-state index contributed by atoms with van der Waals surface area (Å²) in [6, 6.07) is 9.89. The highest BCUT2D eigenvalue weighted by atomic mass is 16.6. The molecular weight excluding hydrogens is 282 g/mol. The number of carboxylic acids is 1. The molecule has 0 saturated carbocycles. The van der Waals surface area contributed by atoms with Gasteiger partial charge in [-0.25, -0.2) is 9.59 Å². The Morgan fingerprint density at radius 1 is 1.14 bits per heavy atom. The van der Waals surface area contributed by atoms with E-state index < -0.39 is 23.1 Å². The van der Waals surface area contributed by atoms with Crippen LogP contribution < -0.4 is 5.73 Å². The van der Waals surface area contributed by atoms with Gasteiger partial charge in [-0.3, -0.25) is 0 Å². The molecule has 0 aliphatic carbocycles. The molecule has 3 N–H and O–H groups in total. The summed E-state index contributed by atoms with van der Waals surface area (Å²) in [5.74, 6) is -2.23. The Labute approximate surface area is 131 Å². The number of carbonyl (C=O) groups excluding carboxylic acids is 1. The Morgan fingerprint density at radius 3 is 2.23 bits per heavy atom. The number of benzene rings is 1. The average Bonchev–Trinajstić information content (AvgIpc) is 2.42. The first-order valence-corrected chi connectivity index (χ1v) is 7.45. The van der Waals surface area contributed by atoms with E-state index in [-0.39, 0.29) is 6.42 Å². The predicted octanol–water partition coefficient (Wildman–Crippen LogP) is 2.52. The summed E-state index contributed by atoms with van der Waals surface area (Å²) in [6.07, 6.45) is 2.19. The number of aryl methyl sites for hydroxylation is 1. The van der Waals surface area contributed by atoms with E-state index in [9.17, 15) is 14.7 Å². The summed E-state index contributed by atoms with van der Waals surface area (Å²) < 4.78 is 5.13. The van der Waals surface area contributed by atoms with Crippen molar-refractivity contribution in [2.75, 3.05) is 0 Å². The lowest BCUT2D eigenvalue weighted by Crippen LogP contribution is -2.57. The number of ether oxygens (including phenoxy) is 1. The highest BCUT2D eigenvalue weighted by molar-refractivity contribution is 6.03. The molecule has 0 amide bonds. The summed E-state index contributed by atoms with van der Waals surface area (Å²) >= 11 is 0. The highest BCUT2D eigenvalue weighted by Crippen LogP contribution is 2.19. The molecule has 0 fully saturated rings. The number of esters is 1. The third kappa shape index (κ3) is 5.48. The largest absolute Gasteiger partial charge is 0.479 e. The first-order chi connectivity index (χ1) is 10.1. The van der Waals surface area contributed by atoms with Crippen molar-refractivity contribution in [3.63, 3.8) is 0 Å². The molecule has 122 valence electrons. The van der Waals surface area contributed by atoms with Gasteiger partial charge in [-0.05, 0) is 45.6 Å². The summed E-state index contributed by atoms with van der Waals surface area (Å²) in [7, 11) is 0. The Hall–Kier alpha value is -1.88. The van der Waals surface area contributed by atoms with Crippen molar-refractivity contribution in [3.05, 3.63) is 35.9 Å². The Balaban J connectivity index is 2.57. The third-order valence-electron chi connectivity index (χ3n) is 3.27. The van der Waals surface area contributed by atoms with E-state index in [1.807, 2.05) is 30.3 Å². The second kappa shape index (κ2) is 7.40. The number of carboxylic acid groups (broad SMARTS) is 1. The van der Waals surface area contributed by atoms with E-state index in [1.165, 1.54) is 5.56 Å². The minimum atomic E-state index is -1.98. The first-order valence-electron chi connectivity index (χ1n) is 7.45. The van der Waals surface area contributed by atoms with Crippen LogP contribution in [0.15, 0.2) is 30.3 Å². The molecule has 5 nitrogen and oxygen atoms in total. The van der Waals surface area contributed by atoms with Gasteiger partial charge in [0.25, 0.3) is 0 Å². The molecule has 0 saturated heterocycles. The van der Waals surface area contributed by atoms with Gasteiger partial charge < -0.3 is 15.6 Å². The van der Waals surface area contributed by atoms with Crippen LogP contribution in [-0.4, -0.2) is 28.2 Å². The second-order valence-electron chi connectivity index (χ2n) is 6.47. The van der Waals surface area contributed by atoms with Crippen molar-refractivity contribution in [2.45, 2.75) is 57.6 Å². The van der Waals surface area contributed by atoms with E-state index in [0.29, 0.717) is 6.42 Å². The van der Waals surface area contributed by atoms with Gasteiger partial charge in [-0.15, -0.1) is 0 Å². The van der Waals surface area contributed by atoms with Gasteiger partial charge in [0.05, 0.1) is 0 Å². The monoisotopic (exact) mass is 307 g/mol. The fourth-order valence-corrected chi connectivity index (χ4v) is 2.04. The zero-order chi connectivity index (χ0) is 16.8. The second-order valence-corrected chi connectivity index (χ2v) is 6.47. The molecule has 5 heteroatoms. The summed E-state index contributed by atoms with van der Waals surface area (Å²) in [5, 5.41) is 9.29. The molecule has 1 unspecified atom stereocenters. The van der Waals surface area contributed by atoms with Crippen molar-refractivity contribution in [3.8, 4) is 0 Å². The summed E-state index contributed by atoms with van der Waals surface area (Å²) in [5.41, 5.74) is 4.23. The Kier molecular flexibility index (Phi) is 6.11. The Morgan fingerprint density at radius 2 is 1.73 bits per heavy atom. The lowest BCUT2D eigenvalue weighted by molar-refractivity contribution is -0.169. The van der Waals surface area contributed by atoms with E-state index in [0.717, 1.165) is 12.8 Å². The van der Waals surface area contributed by atoms with Crippen LogP contribution in [0.25, 0.3) is 0 Å². The molecular formula is C17H25NO4. The molecule has 0 aromatic heterocycles. The van der Waals surface area contributed by atoms with Crippen LogP contribution >= 0.6 is 0 Å². The minimum absolute atomic E-state index is 0.0596. The number of nitrogens with two attached hydrogens (primary N) is 1. The molecule has 1 atom stereocenters. The molecule has 0 bridgehead atoms. The molecule has 0 aliphatic rings. The van der Waals surface area contributed by atoms with Crippen LogP contribution in [0.2, 0.25) is 0 Å². The zero-order valence-corrected chi connectivity index (χ0v) is 13.5. The zero-order valence-electron chi connectivity index (χ0n) is 13.5. The van der Waals surface area contributed by atoms with Gasteiger partial charge in [-0.2, -0.15) is 0 Å². The predicted molar refractivity (Wildman–Crippen MR) is 84.4 cm³/mol. The highest BCUT2D eigenvalue weighted by Gasteiger charge is 2.44. The van der Waals surface area contributed by atoms with Crippen LogP contribution in [0.3, 0.4) is 0 Å². The van der Waals surface area contributed by atoms with Gasteiger partial charge in [-0.1, -0.05) is 36.8 Å². The van der Waals surface area contributed by atoms with Crippen LogP contribution in [0.5, 0.6) is 0 Å². The van der Waals surface area contributed by atoms with E-state index >= 15 is 0 Å².